The highest BCUT2D eigenvalue weighted by Crippen LogP contribution is 2.17. The Hall–Kier alpha value is -0.633. The lowest BCUT2D eigenvalue weighted by Crippen LogP contribution is -2.46. The van der Waals surface area contributed by atoms with Gasteiger partial charge in [-0.25, -0.2) is 4.79 Å². The van der Waals surface area contributed by atoms with Gasteiger partial charge in [-0.15, -0.1) is 0 Å². The Balaban J connectivity index is 4.03. The molecule has 0 saturated heterocycles. The fourth-order valence-electron chi connectivity index (χ4n) is 1.86. The average Bonchev–Trinajstić information content (AvgIpc) is 2.45. The molecule has 0 aromatic carbocycles. The van der Waals surface area contributed by atoms with Gasteiger partial charge in [0.05, 0.1) is 6.61 Å². The molecule has 0 aromatic rings. The van der Waals surface area contributed by atoms with Gasteiger partial charge >= 0.3 is 14.9 Å². The number of nitrogens with one attached hydrogen (secondary N) is 1. The Morgan fingerprint density at radius 3 is 2.00 bits per heavy atom. The van der Waals surface area contributed by atoms with Crippen molar-refractivity contribution < 1.29 is 22.8 Å². The van der Waals surface area contributed by atoms with Crippen molar-refractivity contribution in [3.63, 3.8) is 0 Å². The van der Waals surface area contributed by atoms with Gasteiger partial charge in [-0.3, -0.25) is 0 Å². The Labute approximate surface area is 129 Å². The largest absolute Gasteiger partial charge is 0.500 e. The Morgan fingerprint density at radius 1 is 0.952 bits per heavy atom. The van der Waals surface area contributed by atoms with Crippen LogP contribution in [0.3, 0.4) is 0 Å². The summed E-state index contributed by atoms with van der Waals surface area (Å²) in [7, 11) is -2.59. The van der Waals surface area contributed by atoms with Crippen molar-refractivity contribution in [2.24, 2.45) is 0 Å². The molecule has 7 heteroatoms. The molecular weight excluding hydrogens is 290 g/mol. The molecule has 0 fully saturated rings. The first-order valence-corrected chi connectivity index (χ1v) is 9.89. The molecule has 1 amide bonds. The quantitative estimate of drug-likeness (QED) is 0.417. The topological polar surface area (TPSA) is 66.0 Å². The lowest BCUT2D eigenvalue weighted by molar-refractivity contribution is 0.0706. The summed E-state index contributed by atoms with van der Waals surface area (Å²) >= 11 is 0. The first kappa shape index (κ1) is 20.4. The number of carbonyl (C=O) groups excluding carboxylic acids is 1. The fourth-order valence-corrected chi connectivity index (χ4v) is 4.47. The van der Waals surface area contributed by atoms with Crippen LogP contribution in [0.4, 0.5) is 4.79 Å². The summed E-state index contributed by atoms with van der Waals surface area (Å²) in [5.74, 6) is 0. The number of alkyl carbamates (subject to hydrolysis) is 1. The molecular formula is C14H31NO5Si. The van der Waals surface area contributed by atoms with Crippen molar-refractivity contribution in [2.75, 3.05) is 33.0 Å². The molecule has 0 aliphatic rings. The molecule has 0 rings (SSSR count). The van der Waals surface area contributed by atoms with E-state index < -0.39 is 8.80 Å². The predicted octanol–water partition coefficient (Wildman–Crippen LogP) is 2.95. The normalized spacial score (nSPS) is 11.4. The van der Waals surface area contributed by atoms with Crippen molar-refractivity contribution in [2.45, 2.75) is 53.0 Å². The van der Waals surface area contributed by atoms with Gasteiger partial charge in [-0.1, -0.05) is 13.3 Å². The van der Waals surface area contributed by atoms with Gasteiger partial charge in [0, 0.05) is 32.4 Å². The molecule has 0 aliphatic heterocycles. The summed E-state index contributed by atoms with van der Waals surface area (Å²) in [5.41, 5.74) is 0. The summed E-state index contributed by atoms with van der Waals surface area (Å²) < 4.78 is 22.3. The van der Waals surface area contributed by atoms with Gasteiger partial charge in [0.15, 0.2) is 0 Å². The third kappa shape index (κ3) is 9.84. The summed E-state index contributed by atoms with van der Waals surface area (Å²) in [6, 6.07) is 0.692. The van der Waals surface area contributed by atoms with Crippen LogP contribution in [0.5, 0.6) is 0 Å². The number of rotatable bonds is 13. The zero-order valence-corrected chi connectivity index (χ0v) is 14.9. The van der Waals surface area contributed by atoms with Gasteiger partial charge in [0.1, 0.15) is 0 Å². The maximum Gasteiger partial charge on any atom is 0.500 e. The number of amides is 1. The SMILES string of the molecule is CCCCOC(=O)NCCC[Si](OCC)(OCC)OCC. The Kier molecular flexibility index (Phi) is 12.7. The third-order valence-electron chi connectivity index (χ3n) is 2.75. The third-order valence-corrected chi connectivity index (χ3v) is 5.90. The second-order valence-electron chi connectivity index (χ2n) is 4.50. The van der Waals surface area contributed by atoms with E-state index in [4.69, 9.17) is 18.0 Å². The van der Waals surface area contributed by atoms with Gasteiger partial charge in [-0.2, -0.15) is 0 Å². The van der Waals surface area contributed by atoms with Crippen molar-refractivity contribution in [3.05, 3.63) is 0 Å². The van der Waals surface area contributed by atoms with Crippen LogP contribution in [0, 0.1) is 0 Å². The lowest BCUT2D eigenvalue weighted by Gasteiger charge is -2.28. The van der Waals surface area contributed by atoms with Crippen LogP contribution in [-0.4, -0.2) is 47.9 Å². The lowest BCUT2D eigenvalue weighted by atomic mass is 10.4. The van der Waals surface area contributed by atoms with Crippen LogP contribution in [0.15, 0.2) is 0 Å². The van der Waals surface area contributed by atoms with E-state index in [9.17, 15) is 4.79 Å². The molecule has 1 N–H and O–H groups in total. The molecule has 0 bridgehead atoms. The molecule has 126 valence electrons. The molecule has 0 saturated carbocycles. The highest BCUT2D eigenvalue weighted by molar-refractivity contribution is 6.60. The summed E-state index contributed by atoms with van der Waals surface area (Å²) in [6.07, 6.45) is 2.29. The van der Waals surface area contributed by atoms with Crippen molar-refractivity contribution in [1.29, 1.82) is 0 Å². The number of hydrogen-bond donors (Lipinski definition) is 1. The summed E-state index contributed by atoms with van der Waals surface area (Å²) in [6.45, 7) is 10.6. The molecule has 0 unspecified atom stereocenters. The highest BCUT2D eigenvalue weighted by atomic mass is 28.4. The van der Waals surface area contributed by atoms with E-state index in [1.54, 1.807) is 0 Å². The van der Waals surface area contributed by atoms with E-state index in [0.717, 1.165) is 19.3 Å². The maximum absolute atomic E-state index is 11.4. The van der Waals surface area contributed by atoms with Gasteiger partial charge in [-0.05, 0) is 33.6 Å². The van der Waals surface area contributed by atoms with E-state index in [1.807, 2.05) is 20.8 Å². The smallest absolute Gasteiger partial charge is 0.450 e. The molecule has 6 nitrogen and oxygen atoms in total. The average molecular weight is 321 g/mol. The van der Waals surface area contributed by atoms with Crippen LogP contribution in [0.1, 0.15) is 47.0 Å². The molecule has 0 radical (unpaired) electrons. The van der Waals surface area contributed by atoms with Crippen LogP contribution in [-0.2, 0) is 18.0 Å². The van der Waals surface area contributed by atoms with E-state index in [1.165, 1.54) is 0 Å². The Morgan fingerprint density at radius 2 is 1.52 bits per heavy atom. The molecule has 0 aliphatic carbocycles. The second kappa shape index (κ2) is 13.1. The number of carbonyl (C=O) groups is 1. The zero-order valence-electron chi connectivity index (χ0n) is 13.9. The first-order chi connectivity index (χ1) is 10.1. The summed E-state index contributed by atoms with van der Waals surface area (Å²) in [4.78, 5) is 11.4. The molecule has 0 heterocycles. The van der Waals surface area contributed by atoms with Crippen LogP contribution in [0.25, 0.3) is 0 Å². The van der Waals surface area contributed by atoms with Crippen LogP contribution >= 0.6 is 0 Å². The van der Waals surface area contributed by atoms with E-state index in [2.05, 4.69) is 12.2 Å². The van der Waals surface area contributed by atoms with Crippen LogP contribution in [0.2, 0.25) is 6.04 Å². The minimum atomic E-state index is -2.59. The van der Waals surface area contributed by atoms with Crippen LogP contribution < -0.4 is 5.32 Å². The van der Waals surface area contributed by atoms with Gasteiger partial charge in [0.2, 0.25) is 0 Å². The molecule has 0 aromatic heterocycles. The summed E-state index contributed by atoms with van der Waals surface area (Å²) in [5, 5.41) is 2.73. The van der Waals surface area contributed by atoms with E-state index in [0.29, 0.717) is 39.0 Å². The van der Waals surface area contributed by atoms with Crippen molar-refractivity contribution in [3.8, 4) is 0 Å². The van der Waals surface area contributed by atoms with Crippen molar-refractivity contribution in [1.82, 2.24) is 5.32 Å². The number of hydrogen-bond acceptors (Lipinski definition) is 5. The predicted molar refractivity (Wildman–Crippen MR) is 84.3 cm³/mol. The number of unbranched alkanes of at least 4 members (excludes halogenated alkanes) is 1. The highest BCUT2D eigenvalue weighted by Gasteiger charge is 2.39. The zero-order chi connectivity index (χ0) is 16.0. The monoisotopic (exact) mass is 321 g/mol. The first-order valence-electron chi connectivity index (χ1n) is 7.96. The fraction of sp³-hybridized carbons (Fsp3) is 0.929. The Bertz CT molecular complexity index is 249. The van der Waals surface area contributed by atoms with E-state index >= 15 is 0 Å². The minimum absolute atomic E-state index is 0.361. The van der Waals surface area contributed by atoms with Crippen molar-refractivity contribution >= 4 is 14.9 Å². The number of ether oxygens (including phenoxy) is 1. The second-order valence-corrected chi connectivity index (χ2v) is 7.23. The molecule has 0 atom stereocenters. The minimum Gasteiger partial charge on any atom is -0.450 e. The molecule has 21 heavy (non-hydrogen) atoms. The maximum atomic E-state index is 11.4. The van der Waals surface area contributed by atoms with Gasteiger partial charge in [0.25, 0.3) is 0 Å². The molecule has 0 spiro atoms. The van der Waals surface area contributed by atoms with Gasteiger partial charge < -0.3 is 23.3 Å². The van der Waals surface area contributed by atoms with E-state index in [-0.39, 0.29) is 6.09 Å². The standard InChI is InChI=1S/C14H31NO5Si/c1-5-9-12-17-14(16)15-11-10-13-21(18-6-2,19-7-3)20-8-4/h5-13H2,1-4H3,(H,15,16).